The fraction of sp³-hybridized carbons (Fsp3) is 0.800. The van der Waals surface area contributed by atoms with Gasteiger partial charge in [-0.25, -0.2) is 0 Å². The minimum absolute atomic E-state index is 0.177. The van der Waals surface area contributed by atoms with Gasteiger partial charge in [0.25, 0.3) is 0 Å². The van der Waals surface area contributed by atoms with Gasteiger partial charge in [-0.3, -0.25) is 9.59 Å². The highest BCUT2D eigenvalue weighted by atomic mass is 16.4. The fourth-order valence-corrected chi connectivity index (χ4v) is 4.27. The summed E-state index contributed by atoms with van der Waals surface area (Å²) in [4.78, 5) is 34.4. The summed E-state index contributed by atoms with van der Waals surface area (Å²) in [5.41, 5.74) is 0. The van der Waals surface area contributed by atoms with Crippen molar-refractivity contribution in [2.75, 3.05) is 26.2 Å². The summed E-state index contributed by atoms with van der Waals surface area (Å²) in [6, 6.07) is 0. The molecule has 0 fully saturated rings. The molecule has 3 atom stereocenters. The van der Waals surface area contributed by atoms with E-state index in [2.05, 4.69) is 19.1 Å². The molecule has 0 heterocycles. The van der Waals surface area contributed by atoms with Crippen molar-refractivity contribution in [2.45, 2.75) is 85.5 Å². The number of rotatable bonds is 20. The topological polar surface area (TPSA) is 115 Å². The molecule has 0 saturated carbocycles. The second-order valence-electron chi connectivity index (χ2n) is 9.48. The molecule has 2 N–H and O–H groups in total. The molecule has 3 unspecified atom stereocenters. The van der Waals surface area contributed by atoms with Crippen LogP contribution in [0.15, 0.2) is 12.2 Å². The van der Waals surface area contributed by atoms with Gasteiger partial charge in [0, 0.05) is 11.9 Å². The lowest BCUT2D eigenvalue weighted by Crippen LogP contribution is -2.58. The van der Waals surface area contributed by atoms with E-state index in [-0.39, 0.29) is 24.1 Å². The minimum Gasteiger partial charge on any atom is -0.550 e. The van der Waals surface area contributed by atoms with Gasteiger partial charge in [-0.05, 0) is 46.0 Å². The van der Waals surface area contributed by atoms with Crippen molar-refractivity contribution in [2.24, 2.45) is 17.8 Å². The maximum Gasteiger partial charge on any atom is 0.311 e. The van der Waals surface area contributed by atoms with Crippen molar-refractivity contribution in [3.05, 3.63) is 12.2 Å². The predicted octanol–water partition coefficient (Wildman–Crippen LogP) is 3.72. The van der Waals surface area contributed by atoms with Crippen molar-refractivity contribution in [1.29, 1.82) is 0 Å². The Hall–Kier alpha value is -1.89. The number of carboxylic acids is 3. The number of carboxylic acid groups (broad SMARTS) is 3. The number of aliphatic carboxylic acids is 3. The number of carbonyl (C=O) groups is 3. The number of quaternary nitrogens is 1. The van der Waals surface area contributed by atoms with Crippen LogP contribution in [0.5, 0.6) is 0 Å². The van der Waals surface area contributed by atoms with Crippen LogP contribution in [0.4, 0.5) is 0 Å². The van der Waals surface area contributed by atoms with E-state index in [1.165, 1.54) is 12.8 Å². The second-order valence-corrected chi connectivity index (χ2v) is 9.48. The van der Waals surface area contributed by atoms with Gasteiger partial charge in [0.05, 0.1) is 26.2 Å². The van der Waals surface area contributed by atoms with E-state index in [1.807, 2.05) is 0 Å². The van der Waals surface area contributed by atoms with Gasteiger partial charge in [0.15, 0.2) is 0 Å². The molecule has 0 rings (SSSR count). The lowest BCUT2D eigenvalue weighted by molar-refractivity contribution is -0.934. The summed E-state index contributed by atoms with van der Waals surface area (Å²) >= 11 is 0. The third kappa shape index (κ3) is 13.5. The van der Waals surface area contributed by atoms with E-state index >= 15 is 0 Å². The zero-order valence-corrected chi connectivity index (χ0v) is 20.6. The first kappa shape index (κ1) is 30.1. The molecule has 7 heteroatoms. The first-order valence-electron chi connectivity index (χ1n) is 12.2. The summed E-state index contributed by atoms with van der Waals surface area (Å²) in [6.07, 6.45) is 14.2. The summed E-state index contributed by atoms with van der Waals surface area (Å²) in [6.45, 7) is 8.11. The van der Waals surface area contributed by atoms with E-state index in [9.17, 15) is 29.7 Å². The van der Waals surface area contributed by atoms with Gasteiger partial charge >= 0.3 is 11.9 Å². The molecule has 0 amide bonds. The molecule has 32 heavy (non-hydrogen) atoms. The summed E-state index contributed by atoms with van der Waals surface area (Å²) in [7, 11) is 0. The fourth-order valence-electron chi connectivity index (χ4n) is 4.27. The molecule has 0 aliphatic heterocycles. The van der Waals surface area contributed by atoms with Gasteiger partial charge in [-0.15, -0.1) is 0 Å². The Bertz CT molecular complexity index is 534. The molecule has 0 radical (unpaired) electrons. The number of nitrogens with zero attached hydrogens (tertiary/aromatic N) is 1. The molecule has 0 aliphatic carbocycles. The molecule has 0 saturated heterocycles. The number of allylic oxidation sites excluding steroid dienone is 2. The molecule has 0 spiro atoms. The van der Waals surface area contributed by atoms with E-state index in [4.69, 9.17) is 0 Å². The van der Waals surface area contributed by atoms with E-state index in [1.54, 1.807) is 20.8 Å². The Morgan fingerprint density at radius 3 is 1.66 bits per heavy atom. The lowest BCUT2D eigenvalue weighted by Gasteiger charge is -2.43. The van der Waals surface area contributed by atoms with Crippen LogP contribution in [0.1, 0.15) is 85.5 Å². The van der Waals surface area contributed by atoms with Crippen molar-refractivity contribution >= 4 is 17.9 Å². The highest BCUT2D eigenvalue weighted by molar-refractivity contribution is 5.70. The maximum absolute atomic E-state index is 11.5. The average Bonchev–Trinajstić information content (AvgIpc) is 2.71. The summed E-state index contributed by atoms with van der Waals surface area (Å²) < 4.78 is 0.177. The quantitative estimate of drug-likeness (QED) is 0.164. The Labute approximate surface area is 194 Å². The Balaban J connectivity index is 4.96. The van der Waals surface area contributed by atoms with Crippen LogP contribution >= 0.6 is 0 Å². The largest absolute Gasteiger partial charge is 0.550 e. The monoisotopic (exact) mass is 455 g/mol. The van der Waals surface area contributed by atoms with E-state index in [0.717, 1.165) is 44.9 Å². The van der Waals surface area contributed by atoms with Gasteiger partial charge in [-0.1, -0.05) is 51.7 Å². The van der Waals surface area contributed by atoms with Crippen molar-refractivity contribution < 1.29 is 34.2 Å². The third-order valence-corrected chi connectivity index (χ3v) is 6.12. The average molecular weight is 456 g/mol. The van der Waals surface area contributed by atoms with Gasteiger partial charge in [-0.2, -0.15) is 0 Å². The molecule has 0 aromatic rings. The molecule has 0 aromatic carbocycles. The molecule has 186 valence electrons. The zero-order chi connectivity index (χ0) is 24.6. The van der Waals surface area contributed by atoms with Gasteiger partial charge in [0.1, 0.15) is 11.8 Å². The molecule has 0 aromatic heterocycles. The van der Waals surface area contributed by atoms with Crippen LogP contribution in [-0.4, -0.2) is 58.8 Å². The molecule has 0 aliphatic rings. The van der Waals surface area contributed by atoms with Crippen LogP contribution in [0.3, 0.4) is 0 Å². The van der Waals surface area contributed by atoms with Crippen molar-refractivity contribution in [1.82, 2.24) is 0 Å². The number of hydrogen-bond acceptors (Lipinski definition) is 4. The first-order valence-corrected chi connectivity index (χ1v) is 12.2. The smallest absolute Gasteiger partial charge is 0.311 e. The van der Waals surface area contributed by atoms with E-state index in [0.29, 0.717) is 6.54 Å². The van der Waals surface area contributed by atoms with Crippen molar-refractivity contribution in [3.8, 4) is 0 Å². The van der Waals surface area contributed by atoms with Crippen molar-refractivity contribution in [3.63, 3.8) is 0 Å². The Kier molecular flexibility index (Phi) is 15.7. The highest BCUT2D eigenvalue weighted by Crippen LogP contribution is 2.22. The number of hydrogen-bond donors (Lipinski definition) is 2. The maximum atomic E-state index is 11.5. The molecule has 7 nitrogen and oxygen atoms in total. The lowest BCUT2D eigenvalue weighted by atomic mass is 10.0. The summed E-state index contributed by atoms with van der Waals surface area (Å²) in [5, 5.41) is 30.3. The highest BCUT2D eigenvalue weighted by Gasteiger charge is 2.36. The van der Waals surface area contributed by atoms with Crippen LogP contribution < -0.4 is 5.11 Å². The molecule has 0 bridgehead atoms. The number of unbranched alkanes of at least 4 members (excludes halogenated alkanes) is 7. The molecular formula is C25H45NO6. The zero-order valence-electron chi connectivity index (χ0n) is 20.6. The van der Waals surface area contributed by atoms with E-state index < -0.39 is 35.7 Å². The molecular weight excluding hydrogens is 410 g/mol. The Morgan fingerprint density at radius 1 is 0.750 bits per heavy atom. The first-order chi connectivity index (χ1) is 15.0. The Morgan fingerprint density at radius 2 is 1.19 bits per heavy atom. The van der Waals surface area contributed by atoms with Crippen LogP contribution in [-0.2, 0) is 14.4 Å². The van der Waals surface area contributed by atoms with Crippen LogP contribution in [0.2, 0.25) is 0 Å². The van der Waals surface area contributed by atoms with Gasteiger partial charge in [0.2, 0.25) is 0 Å². The van der Waals surface area contributed by atoms with Crippen LogP contribution in [0, 0.1) is 17.8 Å². The SMILES string of the molecule is CCCC/C=C/CCCCCCC[N+](CC(C)C(=O)[O-])(CC(C)C(=O)O)CC(C)C(=O)O. The standard InChI is InChI=1S/C25H45NO6/c1-5-6-7-8-9-10-11-12-13-14-15-16-26(17-20(2)23(27)28,18-21(3)24(29)30)19-22(4)25(31)32/h8-9,20-22H,5-7,10-19H2,1-4H3,(H2-,27,28,29,30,31,32)/b9-8+. The van der Waals surface area contributed by atoms with Crippen LogP contribution in [0.25, 0.3) is 0 Å². The second kappa shape index (κ2) is 16.7. The predicted molar refractivity (Wildman–Crippen MR) is 124 cm³/mol. The summed E-state index contributed by atoms with van der Waals surface area (Å²) in [5.74, 6) is -5.26. The minimum atomic E-state index is -1.19. The number of carbonyl (C=O) groups excluding carboxylic acids is 1. The third-order valence-electron chi connectivity index (χ3n) is 6.12. The van der Waals surface area contributed by atoms with Gasteiger partial charge < -0.3 is 24.6 Å². The normalized spacial score (nSPS) is 16.4.